The highest BCUT2D eigenvalue weighted by Crippen LogP contribution is 2.34. The van der Waals surface area contributed by atoms with Gasteiger partial charge in [-0.05, 0) is 17.7 Å². The summed E-state index contributed by atoms with van der Waals surface area (Å²) < 4.78 is 16.1. The maximum atomic E-state index is 12.8. The second-order valence-electron chi connectivity index (χ2n) is 6.77. The molecule has 0 aliphatic carbocycles. The van der Waals surface area contributed by atoms with Gasteiger partial charge in [0.05, 0.1) is 18.9 Å². The Morgan fingerprint density at radius 3 is 2.88 bits per heavy atom. The van der Waals surface area contributed by atoms with Crippen molar-refractivity contribution in [3.63, 3.8) is 0 Å². The number of carbonyl (C=O) groups excluding carboxylic acids is 1. The first-order valence-corrected chi connectivity index (χ1v) is 8.82. The molecule has 1 amide bonds. The Bertz CT molecular complexity index is 844. The van der Waals surface area contributed by atoms with Crippen LogP contribution in [0.25, 0.3) is 0 Å². The first-order chi connectivity index (χ1) is 12.8. The lowest BCUT2D eigenvalue weighted by molar-refractivity contribution is 0.0298. The smallest absolute Gasteiger partial charge is 0.274 e. The lowest BCUT2D eigenvalue weighted by Gasteiger charge is -2.26. The largest absolute Gasteiger partial charge is 0.454 e. The van der Waals surface area contributed by atoms with Gasteiger partial charge in [0.25, 0.3) is 5.91 Å². The van der Waals surface area contributed by atoms with Crippen LogP contribution in [0.15, 0.2) is 18.2 Å². The van der Waals surface area contributed by atoms with Gasteiger partial charge in [0.1, 0.15) is 0 Å². The molecular formula is C18H20N4O4. The van der Waals surface area contributed by atoms with Gasteiger partial charge >= 0.3 is 0 Å². The third-order valence-corrected chi connectivity index (χ3v) is 5.06. The van der Waals surface area contributed by atoms with Crippen LogP contribution in [0.3, 0.4) is 0 Å². The summed E-state index contributed by atoms with van der Waals surface area (Å²) in [6, 6.07) is 6.02. The Morgan fingerprint density at radius 2 is 2.00 bits per heavy atom. The molecule has 8 heteroatoms. The van der Waals surface area contributed by atoms with Gasteiger partial charge in [-0.1, -0.05) is 6.07 Å². The molecule has 0 atom stereocenters. The molecule has 26 heavy (non-hydrogen) atoms. The van der Waals surface area contributed by atoms with Gasteiger partial charge in [-0.2, -0.15) is 5.10 Å². The summed E-state index contributed by atoms with van der Waals surface area (Å²) in [6.45, 7) is 4.97. The number of hydrogen-bond donors (Lipinski definition) is 1. The topological polar surface area (TPSA) is 79.9 Å². The molecule has 3 aliphatic heterocycles. The Balaban J connectivity index is 1.29. The van der Waals surface area contributed by atoms with Crippen molar-refractivity contribution in [2.45, 2.75) is 19.6 Å². The first kappa shape index (κ1) is 15.7. The fraction of sp³-hybridized carbons (Fsp3) is 0.444. The van der Waals surface area contributed by atoms with E-state index in [-0.39, 0.29) is 12.7 Å². The number of hydrogen-bond acceptors (Lipinski definition) is 6. The first-order valence-electron chi connectivity index (χ1n) is 8.82. The molecule has 136 valence electrons. The van der Waals surface area contributed by atoms with Crippen LogP contribution >= 0.6 is 0 Å². The highest BCUT2D eigenvalue weighted by molar-refractivity contribution is 5.94. The van der Waals surface area contributed by atoms with Crippen LogP contribution < -0.4 is 9.47 Å². The minimum absolute atomic E-state index is 0.00395. The number of aromatic nitrogens is 2. The number of carbonyl (C=O) groups is 1. The van der Waals surface area contributed by atoms with E-state index in [1.807, 2.05) is 17.0 Å². The van der Waals surface area contributed by atoms with Crippen molar-refractivity contribution in [2.75, 3.05) is 33.1 Å². The standard InChI is InChI=1S/C18H20N4O4/c23-18(22-3-5-24-6-4-22)17-13-9-21(10-14(13)19-20-17)8-12-1-2-15-16(7-12)26-11-25-15/h1-2,7H,3-6,8-11H2,(H,19,20). The van der Waals surface area contributed by atoms with Crippen molar-refractivity contribution in [2.24, 2.45) is 0 Å². The molecule has 2 aromatic rings. The van der Waals surface area contributed by atoms with Crippen LogP contribution in [0, 0.1) is 0 Å². The predicted octanol–water partition coefficient (Wildman–Crippen LogP) is 1.13. The predicted molar refractivity (Wildman–Crippen MR) is 90.8 cm³/mol. The third-order valence-electron chi connectivity index (χ3n) is 5.06. The summed E-state index contributed by atoms with van der Waals surface area (Å²) >= 11 is 0. The van der Waals surface area contributed by atoms with Crippen LogP contribution in [0.2, 0.25) is 0 Å². The maximum Gasteiger partial charge on any atom is 0.274 e. The monoisotopic (exact) mass is 356 g/mol. The summed E-state index contributed by atoms with van der Waals surface area (Å²) in [6.07, 6.45) is 0. The summed E-state index contributed by atoms with van der Waals surface area (Å²) in [5.74, 6) is 1.59. The third kappa shape index (κ3) is 2.71. The van der Waals surface area contributed by atoms with Crippen LogP contribution in [0.5, 0.6) is 11.5 Å². The van der Waals surface area contributed by atoms with E-state index in [0.29, 0.717) is 38.5 Å². The van der Waals surface area contributed by atoms with Crippen LogP contribution in [0.4, 0.5) is 0 Å². The number of nitrogens with one attached hydrogen (secondary N) is 1. The lowest BCUT2D eigenvalue weighted by atomic mass is 10.2. The number of amides is 1. The molecule has 1 N–H and O–H groups in total. The minimum atomic E-state index is -0.00395. The minimum Gasteiger partial charge on any atom is -0.454 e. The quantitative estimate of drug-likeness (QED) is 0.888. The Labute approximate surface area is 150 Å². The zero-order valence-electron chi connectivity index (χ0n) is 14.4. The maximum absolute atomic E-state index is 12.8. The number of morpholine rings is 1. The van der Waals surface area contributed by atoms with Gasteiger partial charge in [0.2, 0.25) is 6.79 Å². The zero-order chi connectivity index (χ0) is 17.5. The Hall–Kier alpha value is -2.58. The van der Waals surface area contributed by atoms with Gasteiger partial charge in [-0.3, -0.25) is 14.8 Å². The number of nitrogens with zero attached hydrogens (tertiary/aromatic N) is 3. The number of rotatable bonds is 3. The van der Waals surface area contributed by atoms with Crippen molar-refractivity contribution >= 4 is 5.91 Å². The van der Waals surface area contributed by atoms with E-state index in [1.165, 1.54) is 0 Å². The molecule has 1 aromatic carbocycles. The van der Waals surface area contributed by atoms with Crippen molar-refractivity contribution in [1.82, 2.24) is 20.0 Å². The molecule has 0 radical (unpaired) electrons. The number of H-pyrrole nitrogens is 1. The van der Waals surface area contributed by atoms with E-state index in [9.17, 15) is 4.79 Å². The molecule has 5 rings (SSSR count). The average Bonchev–Trinajstić information content (AvgIpc) is 3.37. The SMILES string of the molecule is O=C(c1n[nH]c2c1CN(Cc1ccc3c(c1)OCO3)C2)N1CCOCC1. The molecule has 8 nitrogen and oxygen atoms in total. The van der Waals surface area contributed by atoms with E-state index < -0.39 is 0 Å². The molecule has 0 saturated carbocycles. The number of benzene rings is 1. The molecule has 4 heterocycles. The van der Waals surface area contributed by atoms with Crippen molar-refractivity contribution in [1.29, 1.82) is 0 Å². The number of ether oxygens (including phenoxy) is 3. The van der Waals surface area contributed by atoms with E-state index in [4.69, 9.17) is 14.2 Å². The van der Waals surface area contributed by atoms with Crippen LogP contribution in [0.1, 0.15) is 27.3 Å². The summed E-state index contributed by atoms with van der Waals surface area (Å²) in [5.41, 5.74) is 3.76. The Morgan fingerprint density at radius 1 is 1.15 bits per heavy atom. The number of aromatic amines is 1. The van der Waals surface area contributed by atoms with Crippen molar-refractivity contribution in [3.05, 3.63) is 40.7 Å². The van der Waals surface area contributed by atoms with E-state index >= 15 is 0 Å². The molecule has 1 saturated heterocycles. The van der Waals surface area contributed by atoms with Gasteiger partial charge in [0.15, 0.2) is 17.2 Å². The van der Waals surface area contributed by atoms with Crippen molar-refractivity contribution < 1.29 is 19.0 Å². The zero-order valence-corrected chi connectivity index (χ0v) is 14.4. The summed E-state index contributed by atoms with van der Waals surface area (Å²) in [4.78, 5) is 16.9. The molecule has 3 aliphatic rings. The highest BCUT2D eigenvalue weighted by atomic mass is 16.7. The van der Waals surface area contributed by atoms with Crippen molar-refractivity contribution in [3.8, 4) is 11.5 Å². The molecule has 0 bridgehead atoms. The second-order valence-corrected chi connectivity index (χ2v) is 6.77. The fourth-order valence-electron chi connectivity index (χ4n) is 3.71. The summed E-state index contributed by atoms with van der Waals surface area (Å²) in [7, 11) is 0. The van der Waals surface area contributed by atoms with E-state index in [1.54, 1.807) is 0 Å². The van der Waals surface area contributed by atoms with E-state index in [0.717, 1.165) is 41.4 Å². The molecule has 1 fully saturated rings. The molecular weight excluding hydrogens is 336 g/mol. The summed E-state index contributed by atoms with van der Waals surface area (Å²) in [5, 5.41) is 7.33. The van der Waals surface area contributed by atoms with Crippen LogP contribution in [-0.4, -0.2) is 59.0 Å². The van der Waals surface area contributed by atoms with E-state index in [2.05, 4.69) is 21.2 Å². The van der Waals surface area contributed by atoms with Gasteiger partial charge in [0, 0.05) is 38.3 Å². The average molecular weight is 356 g/mol. The second kappa shape index (κ2) is 6.30. The molecule has 0 spiro atoms. The molecule has 1 aromatic heterocycles. The van der Waals surface area contributed by atoms with Crippen LogP contribution in [-0.2, 0) is 24.4 Å². The number of fused-ring (bicyclic) bond motifs is 2. The normalized spacial score (nSPS) is 19.0. The van der Waals surface area contributed by atoms with Gasteiger partial charge < -0.3 is 19.1 Å². The Kier molecular flexibility index (Phi) is 3.79. The lowest BCUT2D eigenvalue weighted by Crippen LogP contribution is -2.41. The van der Waals surface area contributed by atoms with Gasteiger partial charge in [-0.15, -0.1) is 0 Å². The molecule has 0 unspecified atom stereocenters. The highest BCUT2D eigenvalue weighted by Gasteiger charge is 2.30. The van der Waals surface area contributed by atoms with Gasteiger partial charge in [-0.25, -0.2) is 0 Å². The fourth-order valence-corrected chi connectivity index (χ4v) is 3.71.